The number of hydrogen-bond acceptors (Lipinski definition) is 4. The Labute approximate surface area is 121 Å². The Morgan fingerprint density at radius 2 is 2.10 bits per heavy atom. The zero-order valence-electron chi connectivity index (χ0n) is 11.6. The lowest BCUT2D eigenvalue weighted by molar-refractivity contribution is 0.519. The van der Waals surface area contributed by atoms with E-state index in [0.717, 1.165) is 39.7 Å². The molecular formula is C15H16N4S. The summed E-state index contributed by atoms with van der Waals surface area (Å²) in [4.78, 5) is 4.64. The van der Waals surface area contributed by atoms with Gasteiger partial charge in [-0.3, -0.25) is 0 Å². The smallest absolute Gasteiger partial charge is 0.213 e. The van der Waals surface area contributed by atoms with E-state index in [0.29, 0.717) is 0 Å². The normalized spacial score (nSPS) is 16.7. The highest BCUT2D eigenvalue weighted by Crippen LogP contribution is 2.42. The summed E-state index contributed by atoms with van der Waals surface area (Å²) < 4.78 is 2.98. The second-order valence-electron chi connectivity index (χ2n) is 5.97. The number of fused-ring (bicyclic) bond motifs is 2. The number of thiazole rings is 1. The first-order valence-corrected chi connectivity index (χ1v) is 7.62. The number of para-hydroxylation sites is 1. The lowest BCUT2D eigenvalue weighted by atomic mass is 9.87. The molecule has 0 bridgehead atoms. The van der Waals surface area contributed by atoms with Gasteiger partial charge < -0.3 is 5.73 Å². The number of anilines is 1. The van der Waals surface area contributed by atoms with Crippen molar-refractivity contribution < 1.29 is 0 Å². The molecule has 5 heteroatoms. The van der Waals surface area contributed by atoms with E-state index in [1.807, 2.05) is 22.9 Å². The lowest BCUT2D eigenvalue weighted by Crippen LogP contribution is -2.15. The number of hydrogen-bond donors (Lipinski definition) is 1. The van der Waals surface area contributed by atoms with Gasteiger partial charge in [-0.2, -0.15) is 9.78 Å². The van der Waals surface area contributed by atoms with Gasteiger partial charge in [-0.05, 0) is 30.4 Å². The first kappa shape index (κ1) is 11.9. The molecule has 3 aromatic rings. The van der Waals surface area contributed by atoms with E-state index in [-0.39, 0.29) is 5.41 Å². The van der Waals surface area contributed by atoms with Crippen LogP contribution < -0.4 is 5.73 Å². The zero-order valence-corrected chi connectivity index (χ0v) is 12.4. The van der Waals surface area contributed by atoms with Crippen molar-refractivity contribution in [3.8, 4) is 5.13 Å². The fourth-order valence-corrected chi connectivity index (χ4v) is 3.97. The molecular weight excluding hydrogens is 268 g/mol. The van der Waals surface area contributed by atoms with Crippen molar-refractivity contribution in [2.75, 3.05) is 5.73 Å². The average Bonchev–Trinajstić information content (AvgIpc) is 3.04. The summed E-state index contributed by atoms with van der Waals surface area (Å²) in [6.07, 6.45) is 2.12. The zero-order chi connectivity index (χ0) is 13.9. The summed E-state index contributed by atoms with van der Waals surface area (Å²) in [5.74, 6) is 0.751. The molecule has 0 aliphatic heterocycles. The molecule has 2 N–H and O–H groups in total. The maximum absolute atomic E-state index is 6.35. The van der Waals surface area contributed by atoms with Crippen molar-refractivity contribution in [2.24, 2.45) is 0 Å². The molecule has 1 aliphatic rings. The second-order valence-corrected chi connectivity index (χ2v) is 6.98. The van der Waals surface area contributed by atoms with Gasteiger partial charge in [0.05, 0.1) is 15.9 Å². The predicted octanol–water partition coefficient (Wildman–Crippen LogP) is 3.29. The molecule has 102 valence electrons. The third-order valence-electron chi connectivity index (χ3n) is 4.12. The van der Waals surface area contributed by atoms with Crippen molar-refractivity contribution >= 4 is 27.4 Å². The highest BCUT2D eigenvalue weighted by atomic mass is 32.1. The monoisotopic (exact) mass is 284 g/mol. The molecule has 4 rings (SSSR count). The molecule has 0 saturated carbocycles. The summed E-state index contributed by atoms with van der Waals surface area (Å²) >= 11 is 1.63. The summed E-state index contributed by atoms with van der Waals surface area (Å²) in [7, 11) is 0. The van der Waals surface area contributed by atoms with Crippen molar-refractivity contribution in [1.29, 1.82) is 0 Å². The van der Waals surface area contributed by atoms with E-state index in [2.05, 4.69) is 24.9 Å². The molecule has 2 heterocycles. The van der Waals surface area contributed by atoms with E-state index in [9.17, 15) is 0 Å². The van der Waals surface area contributed by atoms with Gasteiger partial charge in [-0.25, -0.2) is 4.98 Å². The first-order chi connectivity index (χ1) is 9.56. The molecule has 4 nitrogen and oxygen atoms in total. The number of nitrogens with zero attached hydrogens (tertiary/aromatic N) is 3. The Morgan fingerprint density at radius 1 is 1.30 bits per heavy atom. The number of nitrogen functional groups attached to an aromatic ring is 1. The number of benzene rings is 1. The molecule has 0 unspecified atom stereocenters. The van der Waals surface area contributed by atoms with Crippen LogP contribution in [0.15, 0.2) is 24.3 Å². The maximum atomic E-state index is 6.35. The number of rotatable bonds is 1. The van der Waals surface area contributed by atoms with Crippen LogP contribution in [0.3, 0.4) is 0 Å². The van der Waals surface area contributed by atoms with Gasteiger partial charge in [0, 0.05) is 5.56 Å². The van der Waals surface area contributed by atoms with Crippen LogP contribution in [0.5, 0.6) is 0 Å². The quantitative estimate of drug-likeness (QED) is 0.746. The van der Waals surface area contributed by atoms with Gasteiger partial charge in [0.2, 0.25) is 5.13 Å². The lowest BCUT2D eigenvalue weighted by Gasteiger charge is -2.18. The number of aromatic nitrogens is 3. The average molecular weight is 284 g/mol. The minimum absolute atomic E-state index is 0.119. The fourth-order valence-electron chi connectivity index (χ4n) is 3.04. The standard InChI is InChI=1S/C15H16N4S/c1-15(2)8-7-10-12(15)13(16)19(18-10)14-17-9-5-3-4-6-11(9)20-14/h3-6H,7-8,16H2,1-2H3. The Balaban J connectivity index is 1.92. The molecule has 0 atom stereocenters. The highest BCUT2D eigenvalue weighted by Gasteiger charge is 2.36. The van der Waals surface area contributed by atoms with E-state index in [4.69, 9.17) is 10.8 Å². The summed E-state index contributed by atoms with van der Waals surface area (Å²) in [5, 5.41) is 5.55. The van der Waals surface area contributed by atoms with Gasteiger partial charge in [0.25, 0.3) is 0 Å². The van der Waals surface area contributed by atoms with E-state index in [1.54, 1.807) is 11.3 Å². The van der Waals surface area contributed by atoms with Gasteiger partial charge in [0.15, 0.2) is 0 Å². The summed E-state index contributed by atoms with van der Waals surface area (Å²) in [6.45, 7) is 4.47. The van der Waals surface area contributed by atoms with Crippen molar-refractivity contribution in [3.63, 3.8) is 0 Å². The number of nitrogens with two attached hydrogens (primary N) is 1. The fraction of sp³-hybridized carbons (Fsp3) is 0.333. The maximum Gasteiger partial charge on any atom is 0.213 e. The molecule has 1 aromatic carbocycles. The van der Waals surface area contributed by atoms with Gasteiger partial charge in [-0.15, -0.1) is 0 Å². The predicted molar refractivity (Wildman–Crippen MR) is 82.5 cm³/mol. The van der Waals surface area contributed by atoms with Crippen molar-refractivity contribution in [3.05, 3.63) is 35.5 Å². The van der Waals surface area contributed by atoms with Crippen LogP contribution in [0.25, 0.3) is 15.3 Å². The van der Waals surface area contributed by atoms with Crippen molar-refractivity contribution in [1.82, 2.24) is 14.8 Å². The molecule has 20 heavy (non-hydrogen) atoms. The first-order valence-electron chi connectivity index (χ1n) is 6.80. The summed E-state index contributed by atoms with van der Waals surface area (Å²) in [5.41, 5.74) is 9.81. The van der Waals surface area contributed by atoms with Gasteiger partial charge in [0.1, 0.15) is 5.82 Å². The Hall–Kier alpha value is -1.88. The number of aryl methyl sites for hydroxylation is 1. The van der Waals surface area contributed by atoms with E-state index in [1.165, 1.54) is 5.56 Å². The van der Waals surface area contributed by atoms with Crippen molar-refractivity contribution in [2.45, 2.75) is 32.1 Å². The minimum Gasteiger partial charge on any atom is -0.383 e. The molecule has 0 radical (unpaired) electrons. The SMILES string of the molecule is CC1(C)CCc2nn(-c3nc4ccccc4s3)c(N)c21. The largest absolute Gasteiger partial charge is 0.383 e. The van der Waals surface area contributed by atoms with Crippen LogP contribution >= 0.6 is 11.3 Å². The van der Waals surface area contributed by atoms with E-state index >= 15 is 0 Å². The Bertz CT molecular complexity index is 780. The van der Waals surface area contributed by atoms with Crippen LogP contribution in [0.1, 0.15) is 31.5 Å². The molecule has 0 saturated heterocycles. The Morgan fingerprint density at radius 3 is 2.85 bits per heavy atom. The van der Waals surface area contributed by atoms with Crippen LogP contribution in [0.4, 0.5) is 5.82 Å². The molecule has 0 fully saturated rings. The highest BCUT2D eigenvalue weighted by molar-refractivity contribution is 7.20. The van der Waals surface area contributed by atoms with Crippen LogP contribution in [0.2, 0.25) is 0 Å². The third kappa shape index (κ3) is 1.53. The van der Waals surface area contributed by atoms with Crippen LogP contribution in [-0.2, 0) is 11.8 Å². The third-order valence-corrected chi connectivity index (χ3v) is 5.13. The van der Waals surface area contributed by atoms with Crippen LogP contribution in [-0.4, -0.2) is 14.8 Å². The van der Waals surface area contributed by atoms with E-state index < -0.39 is 0 Å². The van der Waals surface area contributed by atoms with Gasteiger partial charge >= 0.3 is 0 Å². The molecule has 0 amide bonds. The minimum atomic E-state index is 0.119. The summed E-state index contributed by atoms with van der Waals surface area (Å²) in [6, 6.07) is 8.13. The molecule has 0 spiro atoms. The molecule has 2 aromatic heterocycles. The molecule has 1 aliphatic carbocycles. The second kappa shape index (κ2) is 3.82. The van der Waals surface area contributed by atoms with Gasteiger partial charge in [-0.1, -0.05) is 37.3 Å². The Kier molecular flexibility index (Phi) is 2.27. The van der Waals surface area contributed by atoms with Crippen LogP contribution in [0, 0.1) is 0 Å². The topological polar surface area (TPSA) is 56.7 Å².